The van der Waals surface area contributed by atoms with E-state index in [1.807, 2.05) is 13.8 Å². The second-order valence-electron chi connectivity index (χ2n) is 14.8. The van der Waals surface area contributed by atoms with Crippen LogP contribution in [0.5, 0.6) is 5.75 Å². The highest BCUT2D eigenvalue weighted by molar-refractivity contribution is 6.07. The molecule has 2 aliphatic rings. The van der Waals surface area contributed by atoms with Gasteiger partial charge in [-0.15, -0.1) is 0 Å². The summed E-state index contributed by atoms with van der Waals surface area (Å²) >= 11 is 0. The molecule has 304 valence electrons. The topological polar surface area (TPSA) is 235 Å². The van der Waals surface area contributed by atoms with E-state index in [4.69, 9.17) is 0 Å². The van der Waals surface area contributed by atoms with Crippen LogP contribution >= 0.6 is 0 Å². The number of aliphatic hydroxyl groups is 1. The van der Waals surface area contributed by atoms with Crippen LogP contribution in [0.1, 0.15) is 83.1 Å². The van der Waals surface area contributed by atoms with Gasteiger partial charge in [0.15, 0.2) is 0 Å². The molecule has 2 aromatic carbocycles. The number of anilines is 1. The summed E-state index contributed by atoms with van der Waals surface area (Å²) in [4.78, 5) is 98.4. The van der Waals surface area contributed by atoms with Gasteiger partial charge in [0.1, 0.15) is 42.0 Å². The first-order valence-corrected chi connectivity index (χ1v) is 19.2. The number of para-hydroxylation sites is 1. The first-order valence-electron chi connectivity index (χ1n) is 19.2. The molecule has 4 rings (SSSR count). The van der Waals surface area contributed by atoms with Gasteiger partial charge >= 0.3 is 0 Å². The van der Waals surface area contributed by atoms with Crippen LogP contribution in [0.25, 0.3) is 0 Å². The predicted molar refractivity (Wildman–Crippen MR) is 207 cm³/mol. The van der Waals surface area contributed by atoms with Crippen molar-refractivity contribution in [1.29, 1.82) is 0 Å². The normalized spacial score (nSPS) is 26.3. The quantitative estimate of drug-likeness (QED) is 0.201. The first-order chi connectivity index (χ1) is 26.6. The molecule has 0 aliphatic carbocycles. The summed E-state index contributed by atoms with van der Waals surface area (Å²) < 4.78 is 0. The molecular weight excluding hydrogens is 722 g/mol. The summed E-state index contributed by atoms with van der Waals surface area (Å²) in [6.45, 7) is 10.1. The third-order valence-electron chi connectivity index (χ3n) is 10.7. The van der Waals surface area contributed by atoms with Crippen molar-refractivity contribution in [2.45, 2.75) is 116 Å². The van der Waals surface area contributed by atoms with Crippen molar-refractivity contribution in [1.82, 2.24) is 31.5 Å². The fourth-order valence-corrected chi connectivity index (χ4v) is 6.74. The van der Waals surface area contributed by atoms with E-state index in [1.54, 1.807) is 44.2 Å². The number of aromatic hydroxyl groups is 1. The lowest BCUT2D eigenvalue weighted by Gasteiger charge is -2.32. The van der Waals surface area contributed by atoms with Gasteiger partial charge < -0.3 is 47.0 Å². The van der Waals surface area contributed by atoms with E-state index in [9.17, 15) is 43.8 Å². The van der Waals surface area contributed by atoms with Crippen molar-refractivity contribution in [2.24, 2.45) is 11.8 Å². The molecule has 56 heavy (non-hydrogen) atoms. The highest BCUT2D eigenvalue weighted by Gasteiger charge is 2.41. The fraction of sp³-hybridized carbons (Fsp3) is 0.525. The first kappa shape index (κ1) is 43.2. The standard InChI is InChI=1S/C40H55N7O9/c1-7-21(3)31-38(54)43-29(20-25-15-17-26(49)18-16-25)36(52)46-33(24(6)48)39(55)41-23(5)34(50)45-32(22(4)8-2)40(56)47-19-11-14-30(47)37(53)42-28-13-10-9-12-27(28)35(51)44-31/h9-10,12-13,15-18,21-24,29-33,48-49H,7-8,11,14,19-20H2,1-6H3,(H,41,55)(H,42,53)(H,43,54)(H,44,51)(H,45,50)(H,46,52)/t21-,22-,23-,24+,29-,30-,31-,32-,33-/m0/s1. The molecule has 0 saturated carbocycles. The highest BCUT2D eigenvalue weighted by Crippen LogP contribution is 2.25. The average Bonchev–Trinajstić information content (AvgIpc) is 3.67. The number of phenols is 1. The van der Waals surface area contributed by atoms with Crippen molar-refractivity contribution in [3.8, 4) is 5.75 Å². The van der Waals surface area contributed by atoms with Crippen LogP contribution in [0, 0.1) is 11.8 Å². The van der Waals surface area contributed by atoms with E-state index in [0.717, 1.165) is 0 Å². The van der Waals surface area contributed by atoms with E-state index < -0.39 is 89.6 Å². The molecule has 0 radical (unpaired) electrons. The van der Waals surface area contributed by atoms with Crippen LogP contribution < -0.4 is 31.9 Å². The maximum Gasteiger partial charge on any atom is 0.254 e. The summed E-state index contributed by atoms with van der Waals surface area (Å²) in [6, 6.07) is 4.93. The Morgan fingerprint density at radius 1 is 0.714 bits per heavy atom. The maximum atomic E-state index is 14.1. The Labute approximate surface area is 326 Å². The Morgan fingerprint density at radius 2 is 1.32 bits per heavy atom. The van der Waals surface area contributed by atoms with Gasteiger partial charge in [0, 0.05) is 13.0 Å². The minimum atomic E-state index is -1.58. The number of hydrogen-bond donors (Lipinski definition) is 8. The van der Waals surface area contributed by atoms with E-state index in [1.165, 1.54) is 36.9 Å². The minimum Gasteiger partial charge on any atom is -0.508 e. The number of nitrogens with one attached hydrogen (secondary N) is 6. The number of carbonyl (C=O) groups is 7. The predicted octanol–water partition coefficient (Wildman–Crippen LogP) is 1.11. The van der Waals surface area contributed by atoms with Crippen LogP contribution in [0.2, 0.25) is 0 Å². The van der Waals surface area contributed by atoms with Crippen LogP contribution in [-0.2, 0) is 35.2 Å². The molecule has 0 unspecified atom stereocenters. The van der Waals surface area contributed by atoms with Crippen LogP contribution in [0.3, 0.4) is 0 Å². The van der Waals surface area contributed by atoms with E-state index in [2.05, 4.69) is 31.9 Å². The third-order valence-corrected chi connectivity index (χ3v) is 10.7. The molecule has 7 amide bonds. The lowest BCUT2D eigenvalue weighted by atomic mass is 9.96. The molecule has 0 bridgehead atoms. The van der Waals surface area contributed by atoms with Crippen molar-refractivity contribution in [3.05, 3.63) is 59.7 Å². The number of benzene rings is 2. The molecule has 2 heterocycles. The molecule has 0 aromatic heterocycles. The number of nitrogens with zero attached hydrogens (tertiary/aromatic N) is 1. The Bertz CT molecular complexity index is 1770. The van der Waals surface area contributed by atoms with Crippen LogP contribution in [0.4, 0.5) is 5.69 Å². The Kier molecular flexibility index (Phi) is 15.0. The highest BCUT2D eigenvalue weighted by atomic mass is 16.3. The summed E-state index contributed by atoms with van der Waals surface area (Å²) in [7, 11) is 0. The average molecular weight is 778 g/mol. The lowest BCUT2D eigenvalue weighted by molar-refractivity contribution is -0.142. The summed E-state index contributed by atoms with van der Waals surface area (Å²) in [5, 5.41) is 36.6. The summed E-state index contributed by atoms with van der Waals surface area (Å²) in [6.07, 6.45) is 0.249. The van der Waals surface area contributed by atoms with Gasteiger partial charge in [0.25, 0.3) is 5.91 Å². The lowest BCUT2D eigenvalue weighted by Crippen LogP contribution is -2.62. The number of fused-ring (bicyclic) bond motifs is 2. The minimum absolute atomic E-state index is 0.0230. The second-order valence-corrected chi connectivity index (χ2v) is 14.8. The zero-order valence-corrected chi connectivity index (χ0v) is 32.8. The molecule has 1 fully saturated rings. The fourth-order valence-electron chi connectivity index (χ4n) is 6.74. The number of carbonyl (C=O) groups excluding carboxylic acids is 7. The molecule has 8 N–H and O–H groups in total. The van der Waals surface area contributed by atoms with Crippen LogP contribution in [-0.4, -0.2) is 105 Å². The Hall–Kier alpha value is -5.51. The monoisotopic (exact) mass is 777 g/mol. The number of phenolic OH excluding ortho intramolecular Hbond substituents is 1. The molecule has 0 spiro atoms. The summed E-state index contributed by atoms with van der Waals surface area (Å²) in [5.74, 6) is -5.69. The van der Waals surface area contributed by atoms with Gasteiger partial charge in [0.2, 0.25) is 35.4 Å². The van der Waals surface area contributed by atoms with Gasteiger partial charge in [-0.2, -0.15) is 0 Å². The zero-order valence-electron chi connectivity index (χ0n) is 32.8. The summed E-state index contributed by atoms with van der Waals surface area (Å²) in [5.41, 5.74) is 0.751. The third kappa shape index (κ3) is 10.6. The van der Waals surface area contributed by atoms with E-state index in [-0.39, 0.29) is 35.9 Å². The van der Waals surface area contributed by atoms with Crippen molar-refractivity contribution in [2.75, 3.05) is 11.9 Å². The molecule has 2 aliphatic heterocycles. The Morgan fingerprint density at radius 3 is 1.96 bits per heavy atom. The van der Waals surface area contributed by atoms with Crippen molar-refractivity contribution >= 4 is 47.0 Å². The number of hydrogen-bond acceptors (Lipinski definition) is 9. The molecule has 9 atom stereocenters. The van der Waals surface area contributed by atoms with Gasteiger partial charge in [-0.3, -0.25) is 33.6 Å². The maximum absolute atomic E-state index is 14.1. The van der Waals surface area contributed by atoms with Crippen molar-refractivity contribution < 1.29 is 43.8 Å². The molecule has 16 heteroatoms. The van der Waals surface area contributed by atoms with Gasteiger partial charge in [-0.25, -0.2) is 0 Å². The smallest absolute Gasteiger partial charge is 0.254 e. The van der Waals surface area contributed by atoms with Gasteiger partial charge in [0.05, 0.1) is 17.4 Å². The molecule has 1 saturated heterocycles. The molecule has 2 aromatic rings. The van der Waals surface area contributed by atoms with Gasteiger partial charge in [-0.1, -0.05) is 64.8 Å². The number of aliphatic hydroxyl groups excluding tert-OH is 1. The molecule has 16 nitrogen and oxygen atoms in total. The van der Waals surface area contributed by atoms with E-state index in [0.29, 0.717) is 31.2 Å². The number of rotatable bonds is 7. The van der Waals surface area contributed by atoms with Crippen LogP contribution in [0.15, 0.2) is 48.5 Å². The Balaban J connectivity index is 1.78. The second kappa shape index (κ2) is 19.4. The largest absolute Gasteiger partial charge is 0.508 e. The zero-order chi connectivity index (χ0) is 41.3. The number of amides is 7. The van der Waals surface area contributed by atoms with Gasteiger partial charge in [-0.05, 0) is 68.4 Å². The molecular formula is C40H55N7O9. The SMILES string of the molecule is CC[C@H](C)[C@@H]1NC(=O)c2ccccc2NC(=O)[C@@H]2CCCN2C(=O)[C@H]([C@@H](C)CC)NC(=O)[C@H](C)NC(=O)[C@H]([C@@H](C)O)NC(=O)[C@H](Cc2ccc(O)cc2)NC1=O. The van der Waals surface area contributed by atoms with E-state index >= 15 is 0 Å². The van der Waals surface area contributed by atoms with Crippen molar-refractivity contribution in [3.63, 3.8) is 0 Å².